The lowest BCUT2D eigenvalue weighted by molar-refractivity contribution is -0.384. The maximum atomic E-state index is 11.7. The van der Waals surface area contributed by atoms with Crippen LogP contribution in [-0.4, -0.2) is 39.7 Å². The maximum absolute atomic E-state index is 11.7. The van der Waals surface area contributed by atoms with Crippen molar-refractivity contribution in [3.63, 3.8) is 0 Å². The van der Waals surface area contributed by atoms with Crippen LogP contribution in [0.4, 0.5) is 5.69 Å². The SMILES string of the molecule is O=C(N[C@H](CCO)C(=O)O)c1cccc([N+](=O)[O-])c1. The maximum Gasteiger partial charge on any atom is 0.326 e. The molecule has 0 aromatic heterocycles. The van der Waals surface area contributed by atoms with Crippen LogP contribution in [0.25, 0.3) is 0 Å². The van der Waals surface area contributed by atoms with Gasteiger partial charge in [0.15, 0.2) is 0 Å². The zero-order valence-electron chi connectivity index (χ0n) is 9.78. The first-order chi connectivity index (χ1) is 8.95. The van der Waals surface area contributed by atoms with Crippen LogP contribution in [0.3, 0.4) is 0 Å². The molecule has 0 spiro atoms. The van der Waals surface area contributed by atoms with Crippen molar-refractivity contribution >= 4 is 17.6 Å². The molecule has 0 aliphatic heterocycles. The van der Waals surface area contributed by atoms with Gasteiger partial charge in [-0.3, -0.25) is 14.9 Å². The van der Waals surface area contributed by atoms with E-state index in [0.717, 1.165) is 6.07 Å². The van der Waals surface area contributed by atoms with E-state index in [-0.39, 0.29) is 17.7 Å². The van der Waals surface area contributed by atoms with Crippen molar-refractivity contribution in [3.05, 3.63) is 39.9 Å². The third-order valence-corrected chi connectivity index (χ3v) is 2.34. The number of nitrogens with one attached hydrogen (secondary N) is 1. The number of carboxylic acids is 1. The molecule has 0 saturated heterocycles. The monoisotopic (exact) mass is 268 g/mol. The minimum atomic E-state index is -1.28. The summed E-state index contributed by atoms with van der Waals surface area (Å²) in [6.07, 6.45) is -0.143. The summed E-state index contributed by atoms with van der Waals surface area (Å²) in [6.45, 7) is -0.397. The van der Waals surface area contributed by atoms with E-state index >= 15 is 0 Å². The number of aliphatic carboxylic acids is 1. The molecule has 8 heteroatoms. The number of nitro benzene ring substituents is 1. The number of hydrogen-bond donors (Lipinski definition) is 3. The zero-order chi connectivity index (χ0) is 14.4. The Morgan fingerprint density at radius 2 is 2.11 bits per heavy atom. The number of aliphatic hydroxyl groups excluding tert-OH is 1. The molecule has 0 radical (unpaired) electrons. The van der Waals surface area contributed by atoms with E-state index in [9.17, 15) is 19.7 Å². The Morgan fingerprint density at radius 1 is 1.42 bits per heavy atom. The summed E-state index contributed by atoms with van der Waals surface area (Å²) in [6, 6.07) is 3.69. The second kappa shape index (κ2) is 6.45. The van der Waals surface area contributed by atoms with Gasteiger partial charge in [-0.05, 0) is 6.07 Å². The fourth-order valence-electron chi connectivity index (χ4n) is 1.39. The lowest BCUT2D eigenvalue weighted by atomic mass is 10.1. The minimum Gasteiger partial charge on any atom is -0.480 e. The van der Waals surface area contributed by atoms with Gasteiger partial charge in [-0.25, -0.2) is 4.79 Å². The highest BCUT2D eigenvalue weighted by Crippen LogP contribution is 2.13. The predicted molar refractivity (Wildman–Crippen MR) is 63.7 cm³/mol. The van der Waals surface area contributed by atoms with Gasteiger partial charge in [0.25, 0.3) is 11.6 Å². The van der Waals surface area contributed by atoms with Gasteiger partial charge in [-0.2, -0.15) is 0 Å². The molecule has 1 aromatic rings. The predicted octanol–water partition coefficient (Wildman–Crippen LogP) is 0.160. The van der Waals surface area contributed by atoms with Crippen molar-refractivity contribution in [1.82, 2.24) is 5.32 Å². The highest BCUT2D eigenvalue weighted by atomic mass is 16.6. The lowest BCUT2D eigenvalue weighted by Gasteiger charge is -2.12. The Labute approximate surface area is 107 Å². The smallest absolute Gasteiger partial charge is 0.326 e. The number of non-ortho nitro benzene ring substituents is 1. The van der Waals surface area contributed by atoms with Crippen LogP contribution in [0.15, 0.2) is 24.3 Å². The second-order valence-electron chi connectivity index (χ2n) is 3.68. The zero-order valence-corrected chi connectivity index (χ0v) is 9.78. The number of carbonyl (C=O) groups is 2. The van der Waals surface area contributed by atoms with Gasteiger partial charge >= 0.3 is 5.97 Å². The quantitative estimate of drug-likeness (QED) is 0.497. The van der Waals surface area contributed by atoms with E-state index in [1.807, 2.05) is 0 Å². The molecule has 0 heterocycles. The number of aliphatic hydroxyl groups is 1. The summed E-state index contributed by atoms with van der Waals surface area (Å²) in [5, 5.41) is 30.2. The molecule has 1 amide bonds. The average Bonchev–Trinajstić information content (AvgIpc) is 2.38. The van der Waals surface area contributed by atoms with Crippen molar-refractivity contribution in [2.45, 2.75) is 12.5 Å². The molecule has 0 fully saturated rings. The number of rotatable bonds is 6. The van der Waals surface area contributed by atoms with Gasteiger partial charge < -0.3 is 15.5 Å². The van der Waals surface area contributed by atoms with Crippen LogP contribution >= 0.6 is 0 Å². The van der Waals surface area contributed by atoms with Gasteiger partial charge in [0.05, 0.1) is 4.92 Å². The Kier molecular flexibility index (Phi) is 4.95. The Morgan fingerprint density at radius 3 is 2.63 bits per heavy atom. The molecular weight excluding hydrogens is 256 g/mol. The highest BCUT2D eigenvalue weighted by molar-refractivity contribution is 5.97. The van der Waals surface area contributed by atoms with E-state index in [1.165, 1.54) is 18.2 Å². The summed E-state index contributed by atoms with van der Waals surface area (Å²) in [5.41, 5.74) is -0.278. The number of hydrogen-bond acceptors (Lipinski definition) is 5. The van der Waals surface area contributed by atoms with E-state index < -0.39 is 29.4 Å². The Balaban J connectivity index is 2.85. The number of benzene rings is 1. The summed E-state index contributed by atoms with van der Waals surface area (Å²) in [4.78, 5) is 32.4. The molecule has 0 aliphatic rings. The summed E-state index contributed by atoms with van der Waals surface area (Å²) >= 11 is 0. The van der Waals surface area contributed by atoms with Crippen LogP contribution in [0.2, 0.25) is 0 Å². The van der Waals surface area contributed by atoms with Crippen molar-refractivity contribution < 1.29 is 24.7 Å². The number of nitrogens with zero attached hydrogens (tertiary/aromatic N) is 1. The molecule has 19 heavy (non-hydrogen) atoms. The fourth-order valence-corrected chi connectivity index (χ4v) is 1.39. The van der Waals surface area contributed by atoms with Crippen LogP contribution in [0, 0.1) is 10.1 Å². The van der Waals surface area contributed by atoms with Crippen LogP contribution in [0.1, 0.15) is 16.8 Å². The molecule has 0 aliphatic carbocycles. The number of nitro groups is 1. The third kappa shape index (κ3) is 4.03. The Hall–Kier alpha value is -2.48. The molecule has 1 rings (SSSR count). The molecule has 102 valence electrons. The standard InChI is InChI=1S/C11H12N2O6/c14-5-4-9(11(16)17)12-10(15)7-2-1-3-8(6-7)13(18)19/h1-3,6,9,14H,4-5H2,(H,12,15)(H,16,17)/t9-/m1/s1. The number of amides is 1. The Bertz CT molecular complexity index is 502. The molecule has 3 N–H and O–H groups in total. The third-order valence-electron chi connectivity index (χ3n) is 2.34. The summed E-state index contributed by atoms with van der Waals surface area (Å²) < 4.78 is 0. The first-order valence-corrected chi connectivity index (χ1v) is 5.34. The van der Waals surface area contributed by atoms with Gasteiger partial charge in [-0.1, -0.05) is 6.07 Å². The molecule has 8 nitrogen and oxygen atoms in total. The lowest BCUT2D eigenvalue weighted by Crippen LogP contribution is -2.41. The van der Waals surface area contributed by atoms with Crippen LogP contribution < -0.4 is 5.32 Å². The molecule has 1 atom stereocenters. The second-order valence-corrected chi connectivity index (χ2v) is 3.68. The van der Waals surface area contributed by atoms with Gasteiger partial charge in [-0.15, -0.1) is 0 Å². The van der Waals surface area contributed by atoms with Crippen molar-refractivity contribution in [1.29, 1.82) is 0 Å². The topological polar surface area (TPSA) is 130 Å². The van der Waals surface area contributed by atoms with Crippen molar-refractivity contribution in [2.24, 2.45) is 0 Å². The number of carboxylic acid groups (broad SMARTS) is 1. The van der Waals surface area contributed by atoms with Crippen LogP contribution in [0.5, 0.6) is 0 Å². The molecular formula is C11H12N2O6. The first-order valence-electron chi connectivity index (χ1n) is 5.34. The van der Waals surface area contributed by atoms with Gasteiger partial charge in [0, 0.05) is 30.7 Å². The van der Waals surface area contributed by atoms with E-state index in [4.69, 9.17) is 10.2 Å². The normalized spacial score (nSPS) is 11.6. The van der Waals surface area contributed by atoms with Gasteiger partial charge in [0.2, 0.25) is 0 Å². The van der Waals surface area contributed by atoms with E-state index in [0.29, 0.717) is 0 Å². The van der Waals surface area contributed by atoms with E-state index in [2.05, 4.69) is 5.32 Å². The molecule has 0 unspecified atom stereocenters. The highest BCUT2D eigenvalue weighted by Gasteiger charge is 2.20. The summed E-state index contributed by atoms with van der Waals surface area (Å²) in [5.74, 6) is -2.03. The average molecular weight is 268 g/mol. The van der Waals surface area contributed by atoms with Crippen LogP contribution in [-0.2, 0) is 4.79 Å². The number of carbonyl (C=O) groups excluding carboxylic acids is 1. The van der Waals surface area contributed by atoms with Gasteiger partial charge in [0.1, 0.15) is 6.04 Å². The van der Waals surface area contributed by atoms with Crippen molar-refractivity contribution in [2.75, 3.05) is 6.61 Å². The first kappa shape index (κ1) is 14.6. The fraction of sp³-hybridized carbons (Fsp3) is 0.273. The van der Waals surface area contributed by atoms with Crippen molar-refractivity contribution in [3.8, 4) is 0 Å². The molecule has 0 bridgehead atoms. The molecule has 0 saturated carbocycles. The summed E-state index contributed by atoms with van der Waals surface area (Å²) in [7, 11) is 0. The molecule has 1 aromatic carbocycles. The largest absolute Gasteiger partial charge is 0.480 e. The van der Waals surface area contributed by atoms with E-state index in [1.54, 1.807) is 0 Å². The minimum absolute atomic E-state index is 0.0154.